The average molecular weight is 328 g/mol. The molecular formula is C14H11Cl2NO4. The van der Waals surface area contributed by atoms with Crippen LogP contribution in [-0.2, 0) is 0 Å². The Labute approximate surface area is 131 Å². The molecule has 110 valence electrons. The molecule has 1 N–H and O–H groups in total. The number of carboxylic acid groups (broad SMARTS) is 1. The molecule has 2 aromatic rings. The maximum absolute atomic E-state index is 10.8. The molecule has 0 amide bonds. The van der Waals surface area contributed by atoms with Crippen molar-refractivity contribution < 1.29 is 19.4 Å². The highest BCUT2D eigenvalue weighted by Crippen LogP contribution is 2.32. The number of carbonyl (C=O) groups is 1. The molecule has 21 heavy (non-hydrogen) atoms. The predicted molar refractivity (Wildman–Crippen MR) is 78.6 cm³/mol. The smallest absolute Gasteiger partial charge is 0.337 e. The van der Waals surface area contributed by atoms with E-state index in [1.165, 1.54) is 18.5 Å². The Hall–Kier alpha value is -1.98. The number of aromatic carboxylic acids is 1. The second kappa shape index (κ2) is 7.15. The van der Waals surface area contributed by atoms with E-state index in [2.05, 4.69) is 4.98 Å². The van der Waals surface area contributed by atoms with Gasteiger partial charge >= 0.3 is 5.97 Å². The number of rotatable bonds is 6. The fourth-order valence-electron chi connectivity index (χ4n) is 1.54. The van der Waals surface area contributed by atoms with Crippen molar-refractivity contribution in [1.29, 1.82) is 0 Å². The number of para-hydroxylation sites is 1. The van der Waals surface area contributed by atoms with Crippen LogP contribution in [0.2, 0.25) is 10.0 Å². The minimum absolute atomic E-state index is 0.0579. The van der Waals surface area contributed by atoms with Crippen LogP contribution in [0.25, 0.3) is 0 Å². The van der Waals surface area contributed by atoms with Crippen LogP contribution in [0, 0.1) is 0 Å². The van der Waals surface area contributed by atoms with E-state index in [0.29, 0.717) is 21.5 Å². The first-order valence-corrected chi connectivity index (χ1v) is 6.71. The lowest BCUT2D eigenvalue weighted by atomic mass is 10.3. The Morgan fingerprint density at radius 1 is 1.14 bits per heavy atom. The Bertz CT molecular complexity index is 628. The summed E-state index contributed by atoms with van der Waals surface area (Å²) in [5, 5.41) is 9.67. The number of benzene rings is 1. The molecule has 1 aromatic carbocycles. The van der Waals surface area contributed by atoms with E-state index in [4.69, 9.17) is 37.8 Å². The van der Waals surface area contributed by atoms with E-state index in [1.54, 1.807) is 18.2 Å². The highest BCUT2D eigenvalue weighted by Gasteiger charge is 2.07. The number of hydrogen-bond acceptors (Lipinski definition) is 4. The summed E-state index contributed by atoms with van der Waals surface area (Å²) < 4.78 is 10.8. The number of hydrogen-bond donors (Lipinski definition) is 1. The molecule has 0 aliphatic carbocycles. The molecule has 0 saturated heterocycles. The van der Waals surface area contributed by atoms with Crippen LogP contribution in [0.3, 0.4) is 0 Å². The first kappa shape index (κ1) is 15.4. The van der Waals surface area contributed by atoms with Gasteiger partial charge in [0.1, 0.15) is 19.0 Å². The fourth-order valence-corrected chi connectivity index (χ4v) is 2.04. The molecule has 7 heteroatoms. The maximum atomic E-state index is 10.8. The fraction of sp³-hybridized carbons (Fsp3) is 0.143. The van der Waals surface area contributed by atoms with Crippen molar-refractivity contribution >= 4 is 29.2 Å². The Morgan fingerprint density at radius 3 is 2.48 bits per heavy atom. The van der Waals surface area contributed by atoms with Crippen molar-refractivity contribution in [2.45, 2.75) is 0 Å². The molecule has 0 saturated carbocycles. The molecule has 2 rings (SSSR count). The van der Waals surface area contributed by atoms with Gasteiger partial charge in [0.05, 0.1) is 21.8 Å². The second-order valence-corrected chi connectivity index (χ2v) is 4.78. The summed E-state index contributed by atoms with van der Waals surface area (Å²) in [5.74, 6) is -0.322. The lowest BCUT2D eigenvalue weighted by Gasteiger charge is -2.10. The summed E-state index contributed by atoms with van der Waals surface area (Å²) in [4.78, 5) is 14.6. The summed E-state index contributed by atoms with van der Waals surface area (Å²) >= 11 is 11.9. The minimum atomic E-state index is -1.06. The molecule has 0 fully saturated rings. The third kappa shape index (κ3) is 4.24. The van der Waals surface area contributed by atoms with Gasteiger partial charge in [-0.1, -0.05) is 29.3 Å². The van der Waals surface area contributed by atoms with Crippen molar-refractivity contribution in [3.05, 3.63) is 52.3 Å². The number of nitrogens with zero attached hydrogens (tertiary/aromatic N) is 1. The molecule has 0 bridgehead atoms. The van der Waals surface area contributed by atoms with Crippen LogP contribution < -0.4 is 9.47 Å². The highest BCUT2D eigenvalue weighted by atomic mass is 35.5. The molecule has 0 aliphatic rings. The summed E-state index contributed by atoms with van der Waals surface area (Å²) in [5.41, 5.74) is 0.0579. The molecule has 0 radical (unpaired) electrons. The SMILES string of the molecule is O=C(O)c1cncc(OCCOc2c(Cl)cccc2Cl)c1. The zero-order valence-corrected chi connectivity index (χ0v) is 12.3. The largest absolute Gasteiger partial charge is 0.488 e. The molecule has 0 spiro atoms. The first-order valence-electron chi connectivity index (χ1n) is 5.96. The molecule has 5 nitrogen and oxygen atoms in total. The first-order chi connectivity index (χ1) is 10.1. The number of ether oxygens (including phenoxy) is 2. The maximum Gasteiger partial charge on any atom is 0.337 e. The summed E-state index contributed by atoms with van der Waals surface area (Å²) in [7, 11) is 0. The summed E-state index contributed by atoms with van der Waals surface area (Å²) in [6, 6.07) is 6.45. The van der Waals surface area contributed by atoms with E-state index in [0.717, 1.165) is 0 Å². The zero-order valence-electron chi connectivity index (χ0n) is 10.8. The van der Waals surface area contributed by atoms with Gasteiger partial charge < -0.3 is 14.6 Å². The predicted octanol–water partition coefficient (Wildman–Crippen LogP) is 3.54. The zero-order chi connectivity index (χ0) is 15.2. The number of halogens is 2. The van der Waals surface area contributed by atoms with E-state index in [1.807, 2.05) is 0 Å². The molecule has 0 aliphatic heterocycles. The van der Waals surface area contributed by atoms with Crippen LogP contribution in [0.15, 0.2) is 36.7 Å². The quantitative estimate of drug-likeness (QED) is 0.822. The topological polar surface area (TPSA) is 68.7 Å². The van der Waals surface area contributed by atoms with Gasteiger partial charge in [0.15, 0.2) is 5.75 Å². The second-order valence-electron chi connectivity index (χ2n) is 3.96. The Kier molecular flexibility index (Phi) is 5.25. The van der Waals surface area contributed by atoms with Gasteiger partial charge in [0.2, 0.25) is 0 Å². The van der Waals surface area contributed by atoms with Crippen LogP contribution in [0.1, 0.15) is 10.4 Å². The van der Waals surface area contributed by atoms with E-state index in [-0.39, 0.29) is 18.8 Å². The van der Waals surface area contributed by atoms with Gasteiger partial charge in [-0.25, -0.2) is 4.79 Å². The Morgan fingerprint density at radius 2 is 1.81 bits per heavy atom. The van der Waals surface area contributed by atoms with Gasteiger partial charge in [-0.2, -0.15) is 0 Å². The van der Waals surface area contributed by atoms with Gasteiger partial charge in [-0.15, -0.1) is 0 Å². The van der Waals surface area contributed by atoms with Gasteiger partial charge in [-0.3, -0.25) is 4.98 Å². The summed E-state index contributed by atoms with van der Waals surface area (Å²) in [6.07, 6.45) is 2.67. The van der Waals surface area contributed by atoms with Crippen LogP contribution in [0.5, 0.6) is 11.5 Å². The van der Waals surface area contributed by atoms with E-state index < -0.39 is 5.97 Å². The monoisotopic (exact) mass is 327 g/mol. The van der Waals surface area contributed by atoms with Gasteiger partial charge in [0.25, 0.3) is 0 Å². The van der Waals surface area contributed by atoms with Crippen molar-refractivity contribution in [1.82, 2.24) is 4.98 Å². The van der Waals surface area contributed by atoms with Crippen LogP contribution >= 0.6 is 23.2 Å². The van der Waals surface area contributed by atoms with Crippen molar-refractivity contribution in [3.63, 3.8) is 0 Å². The number of carboxylic acids is 1. The molecular weight excluding hydrogens is 317 g/mol. The van der Waals surface area contributed by atoms with Gasteiger partial charge in [0, 0.05) is 6.20 Å². The number of aromatic nitrogens is 1. The van der Waals surface area contributed by atoms with Crippen molar-refractivity contribution in [2.75, 3.05) is 13.2 Å². The van der Waals surface area contributed by atoms with Crippen molar-refractivity contribution in [3.8, 4) is 11.5 Å². The van der Waals surface area contributed by atoms with Gasteiger partial charge in [-0.05, 0) is 18.2 Å². The summed E-state index contributed by atoms with van der Waals surface area (Å²) in [6.45, 7) is 0.410. The lowest BCUT2D eigenvalue weighted by Crippen LogP contribution is -2.10. The molecule has 1 heterocycles. The molecule has 1 aromatic heterocycles. The highest BCUT2D eigenvalue weighted by molar-refractivity contribution is 6.37. The third-order valence-electron chi connectivity index (χ3n) is 2.48. The normalized spacial score (nSPS) is 10.2. The molecule has 0 atom stereocenters. The van der Waals surface area contributed by atoms with E-state index in [9.17, 15) is 4.79 Å². The van der Waals surface area contributed by atoms with Crippen molar-refractivity contribution in [2.24, 2.45) is 0 Å². The van der Waals surface area contributed by atoms with Crippen LogP contribution in [0.4, 0.5) is 0 Å². The number of pyridine rings is 1. The van der Waals surface area contributed by atoms with Crippen LogP contribution in [-0.4, -0.2) is 29.3 Å². The Balaban J connectivity index is 1.88. The minimum Gasteiger partial charge on any atom is -0.488 e. The molecule has 0 unspecified atom stereocenters. The third-order valence-corrected chi connectivity index (χ3v) is 3.07. The standard InChI is InChI=1S/C14H11Cl2NO4/c15-11-2-1-3-12(16)13(11)21-5-4-20-10-6-9(14(18)19)7-17-8-10/h1-3,6-8H,4-5H2,(H,18,19). The average Bonchev–Trinajstić information content (AvgIpc) is 2.46. The lowest BCUT2D eigenvalue weighted by molar-refractivity contribution is 0.0696. The van der Waals surface area contributed by atoms with E-state index >= 15 is 0 Å².